The number of methoxy groups -OCH3 is 1. The molecule has 0 aliphatic carbocycles. The summed E-state index contributed by atoms with van der Waals surface area (Å²) in [6.45, 7) is 3.43. The van der Waals surface area contributed by atoms with Crippen molar-refractivity contribution >= 4 is 40.3 Å². The lowest BCUT2D eigenvalue weighted by atomic mass is 10.1. The van der Waals surface area contributed by atoms with Gasteiger partial charge in [-0.3, -0.25) is 19.0 Å². The Labute approximate surface area is 259 Å². The highest BCUT2D eigenvalue weighted by Gasteiger charge is 2.23. The average Bonchev–Trinajstić information content (AvgIpc) is 3.27. The Morgan fingerprint density at radius 3 is 2.09 bits per heavy atom. The molecule has 1 unspecified atom stereocenters. The maximum Gasteiger partial charge on any atom is 0.310 e. The standard InChI is InChI=1S/C34H44ClNO7/c1-4-5-6-7-8-9-10-11-12-13-32(38)42-22-27(37)23-43-33(39)21-29-24(2)36(31-19-18-28(41-3)20-30(29)31)34(40)25-14-16-26(35)17-15-25/h14-20,27,37H,4-13,21-23H2,1-3H3. The van der Waals surface area contributed by atoms with Crippen LogP contribution in [0.25, 0.3) is 10.9 Å². The number of aliphatic hydroxyl groups is 1. The minimum absolute atomic E-state index is 0.124. The number of esters is 2. The highest BCUT2D eigenvalue weighted by Crippen LogP contribution is 2.31. The van der Waals surface area contributed by atoms with Crippen LogP contribution >= 0.6 is 11.6 Å². The fraction of sp³-hybridized carbons (Fsp3) is 0.500. The number of aromatic nitrogens is 1. The summed E-state index contributed by atoms with van der Waals surface area (Å²) < 4.78 is 17.4. The second-order valence-electron chi connectivity index (χ2n) is 10.9. The molecular weight excluding hydrogens is 570 g/mol. The number of ether oxygens (including phenoxy) is 3. The zero-order valence-electron chi connectivity index (χ0n) is 25.5. The molecule has 3 rings (SSSR count). The van der Waals surface area contributed by atoms with Crippen LogP contribution in [0.2, 0.25) is 5.02 Å². The van der Waals surface area contributed by atoms with Crippen LogP contribution in [-0.2, 0) is 25.5 Å². The van der Waals surface area contributed by atoms with Gasteiger partial charge in [-0.15, -0.1) is 0 Å². The topological polar surface area (TPSA) is 104 Å². The van der Waals surface area contributed by atoms with Gasteiger partial charge in [0.15, 0.2) is 0 Å². The first-order valence-corrected chi connectivity index (χ1v) is 15.6. The SMILES string of the molecule is CCCCCCCCCCCC(=O)OCC(O)COC(=O)Cc1c(C)n(C(=O)c2ccc(Cl)cc2)c2ccc(OC)cc12. The van der Waals surface area contributed by atoms with Crippen molar-refractivity contribution < 1.29 is 33.7 Å². The Morgan fingerprint density at radius 2 is 1.47 bits per heavy atom. The molecule has 0 fully saturated rings. The molecule has 0 aliphatic rings. The zero-order valence-corrected chi connectivity index (χ0v) is 26.3. The van der Waals surface area contributed by atoms with Gasteiger partial charge in [-0.1, -0.05) is 69.9 Å². The molecule has 0 spiro atoms. The smallest absolute Gasteiger partial charge is 0.310 e. The lowest BCUT2D eigenvalue weighted by Crippen LogP contribution is -2.26. The zero-order chi connectivity index (χ0) is 31.2. The number of carbonyl (C=O) groups is 3. The first-order chi connectivity index (χ1) is 20.7. The monoisotopic (exact) mass is 613 g/mol. The van der Waals surface area contributed by atoms with Crippen molar-refractivity contribution in [1.82, 2.24) is 4.57 Å². The fourth-order valence-electron chi connectivity index (χ4n) is 5.07. The second kappa shape index (κ2) is 17.7. The van der Waals surface area contributed by atoms with Crippen LogP contribution in [0, 0.1) is 6.92 Å². The molecule has 8 nitrogen and oxygen atoms in total. The van der Waals surface area contributed by atoms with Crippen molar-refractivity contribution in [3.05, 3.63) is 64.3 Å². The van der Waals surface area contributed by atoms with Gasteiger partial charge in [-0.25, -0.2) is 0 Å². The van der Waals surface area contributed by atoms with Crippen LogP contribution in [0.5, 0.6) is 5.75 Å². The van der Waals surface area contributed by atoms with Crippen molar-refractivity contribution in [2.45, 2.75) is 90.6 Å². The normalized spacial score (nSPS) is 11.8. The summed E-state index contributed by atoms with van der Waals surface area (Å²) >= 11 is 6.00. The van der Waals surface area contributed by atoms with E-state index in [-0.39, 0.29) is 31.5 Å². The van der Waals surface area contributed by atoms with Crippen molar-refractivity contribution in [3.8, 4) is 5.75 Å². The number of hydrogen-bond donors (Lipinski definition) is 1. The quantitative estimate of drug-likeness (QED) is 0.119. The van der Waals surface area contributed by atoms with Gasteiger partial charge in [0.05, 0.1) is 19.0 Å². The first-order valence-electron chi connectivity index (χ1n) is 15.2. The summed E-state index contributed by atoms with van der Waals surface area (Å²) in [5.41, 5.74) is 2.28. The van der Waals surface area contributed by atoms with Gasteiger partial charge < -0.3 is 19.3 Å². The van der Waals surface area contributed by atoms with E-state index in [4.69, 9.17) is 25.8 Å². The molecule has 0 saturated heterocycles. The molecule has 234 valence electrons. The number of rotatable bonds is 18. The van der Waals surface area contributed by atoms with E-state index in [1.807, 2.05) is 0 Å². The molecule has 2 aromatic carbocycles. The lowest BCUT2D eigenvalue weighted by molar-refractivity contribution is -0.152. The Kier molecular flexibility index (Phi) is 14.0. The Bertz CT molecular complexity index is 1350. The van der Waals surface area contributed by atoms with E-state index in [0.29, 0.717) is 44.9 Å². The minimum atomic E-state index is -1.13. The van der Waals surface area contributed by atoms with Crippen LogP contribution in [0.15, 0.2) is 42.5 Å². The van der Waals surface area contributed by atoms with Crippen molar-refractivity contribution in [2.24, 2.45) is 0 Å². The number of carbonyl (C=O) groups excluding carboxylic acids is 3. The summed E-state index contributed by atoms with van der Waals surface area (Å²) in [7, 11) is 1.54. The summed E-state index contributed by atoms with van der Waals surface area (Å²) in [6, 6.07) is 11.9. The Hall–Kier alpha value is -3.36. The fourth-order valence-corrected chi connectivity index (χ4v) is 5.20. The van der Waals surface area contributed by atoms with E-state index < -0.39 is 12.1 Å². The third kappa shape index (κ3) is 10.4. The number of nitrogens with zero attached hydrogens (tertiary/aromatic N) is 1. The first kappa shape index (κ1) is 34.1. The molecule has 3 aromatic rings. The third-order valence-corrected chi connectivity index (χ3v) is 7.77. The van der Waals surface area contributed by atoms with Gasteiger partial charge >= 0.3 is 11.9 Å². The Balaban J connectivity index is 1.50. The highest BCUT2D eigenvalue weighted by molar-refractivity contribution is 6.30. The number of unbranched alkanes of at least 4 members (excludes halogenated alkanes) is 8. The molecule has 0 saturated carbocycles. The highest BCUT2D eigenvalue weighted by atomic mass is 35.5. The summed E-state index contributed by atoms with van der Waals surface area (Å²) in [5.74, 6) is -0.624. The molecule has 43 heavy (non-hydrogen) atoms. The van der Waals surface area contributed by atoms with E-state index in [9.17, 15) is 19.5 Å². The number of aliphatic hydroxyl groups excluding tert-OH is 1. The van der Waals surface area contributed by atoms with E-state index in [0.717, 1.165) is 19.3 Å². The van der Waals surface area contributed by atoms with Crippen molar-refractivity contribution in [1.29, 1.82) is 0 Å². The molecule has 0 bridgehead atoms. The van der Waals surface area contributed by atoms with E-state index >= 15 is 0 Å². The molecule has 0 aliphatic heterocycles. The summed E-state index contributed by atoms with van der Waals surface area (Å²) in [6.07, 6.45) is 9.46. The van der Waals surface area contributed by atoms with Crippen LogP contribution in [0.3, 0.4) is 0 Å². The molecule has 9 heteroatoms. The molecule has 1 atom stereocenters. The van der Waals surface area contributed by atoms with Crippen LogP contribution in [0.1, 0.15) is 92.7 Å². The van der Waals surface area contributed by atoms with Crippen molar-refractivity contribution in [2.75, 3.05) is 20.3 Å². The molecule has 0 radical (unpaired) electrons. The third-order valence-electron chi connectivity index (χ3n) is 7.52. The number of halogens is 1. The van der Waals surface area contributed by atoms with Gasteiger partial charge in [0.25, 0.3) is 5.91 Å². The van der Waals surface area contributed by atoms with E-state index in [1.54, 1.807) is 61.1 Å². The largest absolute Gasteiger partial charge is 0.497 e. The summed E-state index contributed by atoms with van der Waals surface area (Å²) in [4.78, 5) is 38.3. The minimum Gasteiger partial charge on any atom is -0.497 e. The van der Waals surface area contributed by atoms with E-state index in [2.05, 4.69) is 6.92 Å². The van der Waals surface area contributed by atoms with Crippen LogP contribution in [-0.4, -0.2) is 53.9 Å². The van der Waals surface area contributed by atoms with E-state index in [1.165, 1.54) is 38.5 Å². The second-order valence-corrected chi connectivity index (χ2v) is 11.3. The molecule has 1 N–H and O–H groups in total. The Morgan fingerprint density at radius 1 is 0.860 bits per heavy atom. The van der Waals surface area contributed by atoms with Crippen LogP contribution < -0.4 is 4.74 Å². The van der Waals surface area contributed by atoms with Crippen molar-refractivity contribution in [3.63, 3.8) is 0 Å². The van der Waals surface area contributed by atoms with Crippen LogP contribution in [0.4, 0.5) is 0 Å². The summed E-state index contributed by atoms with van der Waals surface area (Å²) in [5, 5.41) is 11.4. The predicted octanol–water partition coefficient (Wildman–Crippen LogP) is 7.21. The number of hydrogen-bond acceptors (Lipinski definition) is 7. The maximum atomic E-state index is 13.4. The van der Waals surface area contributed by atoms with Gasteiger partial charge in [-0.05, 0) is 61.4 Å². The van der Waals surface area contributed by atoms with Gasteiger partial charge in [0.2, 0.25) is 0 Å². The van der Waals surface area contributed by atoms with Gasteiger partial charge in [-0.2, -0.15) is 0 Å². The predicted molar refractivity (Wildman–Crippen MR) is 168 cm³/mol. The maximum absolute atomic E-state index is 13.4. The lowest BCUT2D eigenvalue weighted by Gasteiger charge is -2.12. The molecular formula is C34H44ClNO7. The average molecular weight is 614 g/mol. The van der Waals surface area contributed by atoms with Gasteiger partial charge in [0, 0.05) is 28.1 Å². The molecule has 0 amide bonds. The molecule has 1 heterocycles. The van der Waals surface area contributed by atoms with Gasteiger partial charge in [0.1, 0.15) is 25.1 Å². The molecule has 1 aromatic heterocycles. The number of fused-ring (bicyclic) bond motifs is 1. The number of benzene rings is 2.